The summed E-state index contributed by atoms with van der Waals surface area (Å²) in [4.78, 5) is 85.2. The third kappa shape index (κ3) is 24.7. The largest absolute Gasteiger partial charge is 0.481 e. The van der Waals surface area contributed by atoms with Crippen LogP contribution >= 0.6 is 9.12 Å². The van der Waals surface area contributed by atoms with Crippen LogP contribution in [0.15, 0.2) is 143 Å². The van der Waals surface area contributed by atoms with Crippen molar-refractivity contribution in [3.8, 4) is 125 Å². The molecule has 1 atom stereocenters. The number of carbonyl (C=O) groups excluding carboxylic acids is 2. The maximum absolute atomic E-state index is 13.2. The molecular formula is C83H100BN12O22P. The number of H-pyrrole nitrogens is 3. The Balaban J connectivity index is 0.000000230. The Kier molecular flexibility index (Phi) is 35.5. The number of benzene rings is 5. The normalized spacial score (nSPS) is 10.7. The van der Waals surface area contributed by atoms with Crippen LogP contribution in [0.25, 0.3) is 67.7 Å². The van der Waals surface area contributed by atoms with E-state index in [9.17, 15) is 44.1 Å². The summed E-state index contributed by atoms with van der Waals surface area (Å²) < 4.78 is 69.7. The molecule has 0 radical (unpaired) electrons. The van der Waals surface area contributed by atoms with E-state index < -0.39 is 40.4 Å². The van der Waals surface area contributed by atoms with Crippen LogP contribution in [0.5, 0.6) is 57.5 Å². The molecule has 0 spiro atoms. The van der Waals surface area contributed by atoms with Crippen molar-refractivity contribution in [1.82, 2.24) is 60.7 Å². The number of carboxylic acid groups (broad SMARTS) is 1. The molecule has 8 N–H and O–H groups in total. The molecule has 0 aliphatic heterocycles. The number of amides is 2. The van der Waals surface area contributed by atoms with Crippen LogP contribution in [0.3, 0.4) is 0 Å². The van der Waals surface area contributed by atoms with Gasteiger partial charge in [-0.05, 0) is 120 Å². The topological polar surface area (TPSA) is 457 Å². The van der Waals surface area contributed by atoms with Gasteiger partial charge >= 0.3 is 38.8 Å². The van der Waals surface area contributed by atoms with Crippen LogP contribution in [0.1, 0.15) is 120 Å². The number of aromatic amines is 3. The summed E-state index contributed by atoms with van der Waals surface area (Å²) in [6, 6.07) is 33.6. The van der Waals surface area contributed by atoms with E-state index in [0.29, 0.717) is 129 Å². The summed E-state index contributed by atoms with van der Waals surface area (Å²) in [5.74, 6) is 1.43. The minimum Gasteiger partial charge on any atom is -0.481 e. The van der Waals surface area contributed by atoms with Gasteiger partial charge in [-0.1, -0.05) is 107 Å². The number of nitrogens with zero attached hydrogens (tertiary/aromatic N) is 8. The van der Waals surface area contributed by atoms with Gasteiger partial charge in [0, 0.05) is 31.2 Å². The number of ether oxygens (including phenoxy) is 8. The second kappa shape index (κ2) is 45.4. The van der Waals surface area contributed by atoms with Gasteiger partial charge in [-0.25, -0.2) is 9.59 Å². The number of hydrogen-bond donors (Lipinski definition) is 8. The summed E-state index contributed by atoms with van der Waals surface area (Å²) in [6.07, 6.45) is 5.53. The molecule has 0 bridgehead atoms. The molecule has 119 heavy (non-hydrogen) atoms. The fourth-order valence-electron chi connectivity index (χ4n) is 12.0. The fraction of sp³-hybridized carbons (Fsp3) is 0.349. The summed E-state index contributed by atoms with van der Waals surface area (Å²) in [5, 5.41) is 69.2. The molecule has 0 aliphatic rings. The van der Waals surface area contributed by atoms with Gasteiger partial charge in [-0.15, -0.1) is 30.6 Å². The van der Waals surface area contributed by atoms with Crippen molar-refractivity contribution in [2.45, 2.75) is 131 Å². The molecule has 2 amide bonds. The van der Waals surface area contributed by atoms with Crippen molar-refractivity contribution in [3.63, 3.8) is 0 Å². The number of methoxy groups -OCH3 is 6. The number of hydrogen-bond acceptors (Lipinski definition) is 28. The standard InChI is InChI=1S/C28H30N4O7.C26H34N4O7.C21H26N4O5.C8H8O2.BH2OP/c1-5-6-13-18-22(23-19(36-3)14-10-15-20(23)37-4)25(33)24(26(34)29-18)27-31-30-21(39-27)16-32(2)28(35)38-17-11-8-7-9-12-17;1-8-9-11-15-19(20-16(34-6)12-10-13-17(20)35-7)22(31)21(23(32)27-15)24-29-28-18(36-24)14-30(5)25(33)37-26(2,3)4;1-5-6-8-12-16(17-13(28-3)9-7-10-14(17)29-4)19(26)18(20(27)23-12)21-25-24-15(30-21)11-22-2;9-8(10)6-7-4-2-1-3-5-7;2-1-3/h7-12,14-15H,5-6,13,16H2,1-4H3,(H2,29,33,34);10,12-13H,8-9,11,14H2,1-7H3,(H2,27,31,32);7,9-10,22H,5-6,8,11H2,1-4H3,(H2,23,26,27);1-5H,6H2,(H,9,10);3H2. The van der Waals surface area contributed by atoms with E-state index >= 15 is 0 Å². The van der Waals surface area contributed by atoms with Gasteiger partial charge in [0.1, 0.15) is 92.9 Å². The average molecular weight is 1660 g/mol. The van der Waals surface area contributed by atoms with Gasteiger partial charge in [0.2, 0.25) is 17.7 Å². The molecule has 11 aromatic rings. The number of aryl methyl sites for hydroxylation is 3. The number of carboxylic acids is 1. The number of pyridine rings is 3. The molecule has 6 heterocycles. The van der Waals surface area contributed by atoms with E-state index in [2.05, 4.69) is 57.8 Å². The Bertz CT molecular complexity index is 5310. The second-order valence-electron chi connectivity index (χ2n) is 27.1. The summed E-state index contributed by atoms with van der Waals surface area (Å²) >= 11 is 0. The molecular weight excluding hydrogens is 1560 g/mol. The Morgan fingerprint density at radius 3 is 1.08 bits per heavy atom. The van der Waals surface area contributed by atoms with E-state index in [0.717, 1.165) is 44.1 Å². The third-order valence-corrected chi connectivity index (χ3v) is 17.5. The predicted molar refractivity (Wildman–Crippen MR) is 446 cm³/mol. The molecule has 0 saturated carbocycles. The molecule has 36 heteroatoms. The Morgan fingerprint density at radius 2 is 0.782 bits per heavy atom. The number of aliphatic carboxylic acids is 1. The number of para-hydroxylation sites is 1. The van der Waals surface area contributed by atoms with Crippen molar-refractivity contribution in [3.05, 3.63) is 187 Å². The smallest absolute Gasteiger partial charge is 0.307 e. The second-order valence-corrected chi connectivity index (χ2v) is 27.4. The van der Waals surface area contributed by atoms with Crippen LogP contribution in [-0.2, 0) is 59.6 Å². The monoisotopic (exact) mass is 1660 g/mol. The quantitative estimate of drug-likeness (QED) is 0.0153. The summed E-state index contributed by atoms with van der Waals surface area (Å²) in [5.41, 5.74) is 2.25. The van der Waals surface area contributed by atoms with Crippen molar-refractivity contribution in [2.75, 3.05) is 63.8 Å². The van der Waals surface area contributed by atoms with Crippen LogP contribution < -0.4 is 55.2 Å². The molecule has 11 rings (SSSR count). The molecule has 6 aromatic heterocycles. The zero-order valence-electron chi connectivity index (χ0n) is 69.0. The maximum Gasteiger partial charge on any atom is 0.307 e. The van der Waals surface area contributed by atoms with E-state index in [4.69, 9.17) is 61.0 Å². The number of nitrogens with one attached hydrogen (secondary N) is 4. The first-order valence-corrected chi connectivity index (χ1v) is 38.3. The number of rotatable bonds is 30. The van der Waals surface area contributed by atoms with Gasteiger partial charge in [0.25, 0.3) is 34.3 Å². The van der Waals surface area contributed by atoms with Crippen molar-refractivity contribution < 1.29 is 90.7 Å². The molecule has 0 fully saturated rings. The molecule has 5 aromatic carbocycles. The van der Waals surface area contributed by atoms with E-state index in [1.165, 1.54) is 66.6 Å². The number of aromatic hydroxyl groups is 3. The SMILES string of the molecule is CCCCc1[nH]c(=O)c(-c2nnc(CN(C)C(=O)OC(C)(C)C)o2)c(O)c1-c1c(OC)cccc1OC.CCCCc1[nH]c(=O)c(-c2nnc(CN(C)C(=O)Oc3ccccc3)o2)c(O)c1-c1c(OC)cccc1OC.CCCCc1[nH]c(=O)c(-c2nnc(CNC)o2)c(O)c1-c1c(OC)cccc1OC.O=BP.O=C(O)Cc1ccccc1. The van der Waals surface area contributed by atoms with E-state index in [1.807, 2.05) is 47.2 Å². The first-order valence-electron chi connectivity index (χ1n) is 37.7. The minimum atomic E-state index is -0.786. The Hall–Kier alpha value is -13.2. The first-order chi connectivity index (χ1) is 57.1. The molecule has 0 saturated heterocycles. The van der Waals surface area contributed by atoms with Crippen LogP contribution in [0.2, 0.25) is 0 Å². The first kappa shape index (κ1) is 93.0. The van der Waals surface area contributed by atoms with Gasteiger partial charge in [0.15, 0.2) is 0 Å². The zero-order valence-corrected chi connectivity index (χ0v) is 70.2. The molecule has 0 aliphatic carbocycles. The van der Waals surface area contributed by atoms with Gasteiger partial charge in [-0.3, -0.25) is 19.2 Å². The maximum atomic E-state index is 13.2. The predicted octanol–water partition coefficient (Wildman–Crippen LogP) is 13.3. The van der Waals surface area contributed by atoms with Crippen molar-refractivity contribution in [1.29, 1.82) is 0 Å². The van der Waals surface area contributed by atoms with Gasteiger partial charge < -0.3 is 102 Å². The fourth-order valence-corrected chi connectivity index (χ4v) is 12.0. The van der Waals surface area contributed by atoms with Gasteiger partial charge in [-0.2, -0.15) is 0 Å². The Labute approximate surface area is 689 Å². The van der Waals surface area contributed by atoms with Crippen LogP contribution in [0, 0.1) is 0 Å². The molecule has 34 nitrogen and oxygen atoms in total. The van der Waals surface area contributed by atoms with Crippen LogP contribution in [0.4, 0.5) is 9.59 Å². The van der Waals surface area contributed by atoms with Crippen LogP contribution in [-0.4, -0.2) is 170 Å². The van der Waals surface area contributed by atoms with Gasteiger partial charge in [0.05, 0.1) is 89.0 Å². The number of unbranched alkanes of at least 4 members (excludes halogenated alkanes) is 3. The zero-order chi connectivity index (χ0) is 87.0. The van der Waals surface area contributed by atoms with E-state index in [-0.39, 0.29) is 82.9 Å². The molecule has 1 unspecified atom stereocenters. The number of carbonyl (C=O) groups is 3. The van der Waals surface area contributed by atoms with E-state index in [1.54, 1.807) is 119 Å². The summed E-state index contributed by atoms with van der Waals surface area (Å²) in [6.45, 7) is 12.3. The summed E-state index contributed by atoms with van der Waals surface area (Å²) in [7, 11) is 15.8. The minimum absolute atomic E-state index is 0.0443. The Morgan fingerprint density at radius 1 is 0.471 bits per heavy atom. The molecule has 632 valence electrons. The van der Waals surface area contributed by atoms with Crippen molar-refractivity contribution >= 4 is 34.1 Å². The third-order valence-electron chi connectivity index (χ3n) is 17.5. The van der Waals surface area contributed by atoms with Crippen molar-refractivity contribution in [2.24, 2.45) is 0 Å². The number of aromatic nitrogens is 9. The average Bonchev–Trinajstić information content (AvgIpc) is 1.71.